The van der Waals surface area contributed by atoms with Gasteiger partial charge in [0.1, 0.15) is 0 Å². The van der Waals surface area contributed by atoms with Crippen LogP contribution in [-0.2, 0) is 9.53 Å². The van der Waals surface area contributed by atoms with Crippen LogP contribution < -0.4 is 5.32 Å². The molecule has 0 radical (unpaired) electrons. The maximum Gasteiger partial charge on any atom is 0.409 e. The molecule has 3 rings (SSSR count). The third-order valence-electron chi connectivity index (χ3n) is 4.28. The number of aromatic nitrogens is 1. The molecule has 6 heteroatoms. The molecular weight excluding hydrogens is 306 g/mol. The summed E-state index contributed by atoms with van der Waals surface area (Å²) >= 11 is 0. The fourth-order valence-corrected chi connectivity index (χ4v) is 2.98. The van der Waals surface area contributed by atoms with Crippen LogP contribution in [0.1, 0.15) is 19.8 Å². The van der Waals surface area contributed by atoms with Gasteiger partial charge in [-0.15, -0.1) is 0 Å². The predicted molar refractivity (Wildman–Crippen MR) is 91.7 cm³/mol. The predicted octanol–water partition coefficient (Wildman–Crippen LogP) is 3.04. The van der Waals surface area contributed by atoms with Crippen molar-refractivity contribution in [2.75, 3.05) is 25.0 Å². The summed E-state index contributed by atoms with van der Waals surface area (Å²) in [6.07, 6.45) is 2.70. The molecule has 0 spiro atoms. The number of hydrogen-bond donors (Lipinski definition) is 1. The van der Waals surface area contributed by atoms with Gasteiger partial charge in [0.25, 0.3) is 0 Å². The number of fused-ring (bicyclic) bond motifs is 1. The second kappa shape index (κ2) is 7.29. The van der Waals surface area contributed by atoms with Gasteiger partial charge in [-0.3, -0.25) is 9.78 Å². The Morgan fingerprint density at radius 1 is 1.25 bits per heavy atom. The smallest absolute Gasteiger partial charge is 0.409 e. The van der Waals surface area contributed by atoms with Crippen LogP contribution in [0, 0.1) is 5.92 Å². The zero-order valence-corrected chi connectivity index (χ0v) is 13.7. The minimum atomic E-state index is -0.297. The van der Waals surface area contributed by atoms with Crippen molar-refractivity contribution in [3.8, 4) is 0 Å². The number of nitrogens with zero attached hydrogens (tertiary/aromatic N) is 2. The summed E-state index contributed by atoms with van der Waals surface area (Å²) in [6.45, 7) is 3.25. The Kier molecular flexibility index (Phi) is 4.93. The molecule has 0 saturated carbocycles. The number of nitrogens with one attached hydrogen (secondary N) is 1. The highest BCUT2D eigenvalue weighted by molar-refractivity contribution is 6.01. The van der Waals surface area contributed by atoms with Crippen LogP contribution in [0.3, 0.4) is 0 Å². The lowest BCUT2D eigenvalue weighted by atomic mass is 9.96. The maximum absolute atomic E-state index is 12.5. The van der Waals surface area contributed by atoms with Gasteiger partial charge in [0.2, 0.25) is 5.91 Å². The molecule has 0 aliphatic carbocycles. The molecule has 2 amide bonds. The Labute approximate surface area is 140 Å². The summed E-state index contributed by atoms with van der Waals surface area (Å²) in [7, 11) is 0. The van der Waals surface area contributed by atoms with E-state index < -0.39 is 0 Å². The van der Waals surface area contributed by atoms with Crippen LogP contribution in [0.15, 0.2) is 36.5 Å². The molecule has 1 fully saturated rings. The Hall–Kier alpha value is -2.63. The molecule has 6 nitrogen and oxygen atoms in total. The van der Waals surface area contributed by atoms with Crippen LogP contribution >= 0.6 is 0 Å². The quantitative estimate of drug-likeness (QED) is 0.940. The Morgan fingerprint density at radius 2 is 2.00 bits per heavy atom. The average Bonchev–Trinajstić information content (AvgIpc) is 2.62. The van der Waals surface area contributed by atoms with Crippen LogP contribution in [-0.4, -0.2) is 41.6 Å². The number of carbonyl (C=O) groups is 2. The van der Waals surface area contributed by atoms with Crippen molar-refractivity contribution in [1.82, 2.24) is 9.88 Å². The molecule has 1 saturated heterocycles. The molecule has 2 heterocycles. The van der Waals surface area contributed by atoms with E-state index in [4.69, 9.17) is 4.74 Å². The van der Waals surface area contributed by atoms with Crippen molar-refractivity contribution < 1.29 is 14.3 Å². The monoisotopic (exact) mass is 327 g/mol. The number of para-hydroxylation sites is 1. The minimum Gasteiger partial charge on any atom is -0.450 e. The molecule has 2 aromatic rings. The highest BCUT2D eigenvalue weighted by Crippen LogP contribution is 2.24. The van der Waals surface area contributed by atoms with Gasteiger partial charge in [-0.2, -0.15) is 0 Å². The molecule has 1 aromatic carbocycles. The fourth-order valence-electron chi connectivity index (χ4n) is 2.98. The van der Waals surface area contributed by atoms with Gasteiger partial charge < -0.3 is 15.0 Å². The first kappa shape index (κ1) is 16.2. The van der Waals surface area contributed by atoms with E-state index in [0.29, 0.717) is 32.5 Å². The van der Waals surface area contributed by atoms with Crippen molar-refractivity contribution >= 4 is 28.6 Å². The van der Waals surface area contributed by atoms with E-state index in [9.17, 15) is 9.59 Å². The number of pyridine rings is 1. The summed E-state index contributed by atoms with van der Waals surface area (Å²) in [4.78, 5) is 30.3. The lowest BCUT2D eigenvalue weighted by Crippen LogP contribution is -2.41. The standard InChI is InChI=1S/C18H21N3O3/c1-2-24-18(23)21-11-8-14(9-12-21)17(22)20-15-7-3-5-13-6-4-10-19-16(13)15/h3-7,10,14H,2,8-9,11-12H2,1H3,(H,20,22). The molecule has 0 atom stereocenters. The number of anilines is 1. The largest absolute Gasteiger partial charge is 0.450 e. The second-order valence-corrected chi connectivity index (χ2v) is 5.83. The molecular formula is C18H21N3O3. The lowest BCUT2D eigenvalue weighted by Gasteiger charge is -2.30. The van der Waals surface area contributed by atoms with E-state index in [-0.39, 0.29) is 17.9 Å². The molecule has 0 bridgehead atoms. The molecule has 1 N–H and O–H groups in total. The summed E-state index contributed by atoms with van der Waals surface area (Å²) in [6, 6.07) is 9.58. The summed E-state index contributed by atoms with van der Waals surface area (Å²) < 4.78 is 5.00. The van der Waals surface area contributed by atoms with Crippen molar-refractivity contribution in [1.29, 1.82) is 0 Å². The number of benzene rings is 1. The third-order valence-corrected chi connectivity index (χ3v) is 4.28. The average molecular weight is 327 g/mol. The molecule has 1 aromatic heterocycles. The van der Waals surface area contributed by atoms with Crippen LogP contribution in [0.2, 0.25) is 0 Å². The molecule has 1 aliphatic heterocycles. The number of piperidine rings is 1. The first-order valence-electron chi connectivity index (χ1n) is 8.25. The topological polar surface area (TPSA) is 71.5 Å². The number of ether oxygens (including phenoxy) is 1. The van der Waals surface area contributed by atoms with E-state index in [1.54, 1.807) is 18.0 Å². The normalized spacial score (nSPS) is 15.3. The van der Waals surface area contributed by atoms with E-state index in [1.807, 2.05) is 30.3 Å². The number of carbonyl (C=O) groups excluding carboxylic acids is 2. The second-order valence-electron chi connectivity index (χ2n) is 5.83. The number of amides is 2. The first-order valence-corrected chi connectivity index (χ1v) is 8.25. The highest BCUT2D eigenvalue weighted by Gasteiger charge is 2.28. The van der Waals surface area contributed by atoms with Gasteiger partial charge in [0, 0.05) is 30.6 Å². The van der Waals surface area contributed by atoms with E-state index >= 15 is 0 Å². The lowest BCUT2D eigenvalue weighted by molar-refractivity contribution is -0.121. The Bertz CT molecular complexity index is 734. The number of rotatable bonds is 3. The van der Waals surface area contributed by atoms with Crippen molar-refractivity contribution in [2.24, 2.45) is 5.92 Å². The zero-order chi connectivity index (χ0) is 16.9. The van der Waals surface area contributed by atoms with E-state index in [0.717, 1.165) is 16.6 Å². The Morgan fingerprint density at radius 3 is 2.75 bits per heavy atom. The fraction of sp³-hybridized carbons (Fsp3) is 0.389. The van der Waals surface area contributed by atoms with E-state index in [1.165, 1.54) is 0 Å². The number of hydrogen-bond acceptors (Lipinski definition) is 4. The van der Waals surface area contributed by atoms with Crippen LogP contribution in [0.5, 0.6) is 0 Å². The van der Waals surface area contributed by atoms with Crippen LogP contribution in [0.25, 0.3) is 10.9 Å². The molecule has 126 valence electrons. The van der Waals surface area contributed by atoms with E-state index in [2.05, 4.69) is 10.3 Å². The van der Waals surface area contributed by atoms with Gasteiger partial charge in [-0.25, -0.2) is 4.79 Å². The highest BCUT2D eigenvalue weighted by atomic mass is 16.6. The van der Waals surface area contributed by atoms with Gasteiger partial charge in [-0.05, 0) is 31.9 Å². The first-order chi connectivity index (χ1) is 11.7. The van der Waals surface area contributed by atoms with Gasteiger partial charge in [0.05, 0.1) is 17.8 Å². The van der Waals surface area contributed by atoms with Crippen molar-refractivity contribution in [3.63, 3.8) is 0 Å². The summed E-state index contributed by atoms with van der Waals surface area (Å²) in [5.41, 5.74) is 1.52. The van der Waals surface area contributed by atoms with Gasteiger partial charge >= 0.3 is 6.09 Å². The molecule has 1 aliphatic rings. The van der Waals surface area contributed by atoms with Gasteiger partial charge in [-0.1, -0.05) is 18.2 Å². The Balaban J connectivity index is 1.63. The maximum atomic E-state index is 12.5. The van der Waals surface area contributed by atoms with Gasteiger partial charge in [0.15, 0.2) is 0 Å². The zero-order valence-electron chi connectivity index (χ0n) is 13.7. The minimum absolute atomic E-state index is 0.0170. The van der Waals surface area contributed by atoms with Crippen molar-refractivity contribution in [3.05, 3.63) is 36.5 Å². The molecule has 0 unspecified atom stereocenters. The van der Waals surface area contributed by atoms with Crippen molar-refractivity contribution in [2.45, 2.75) is 19.8 Å². The summed E-state index contributed by atoms with van der Waals surface area (Å²) in [5, 5.41) is 3.98. The summed E-state index contributed by atoms with van der Waals surface area (Å²) in [5.74, 6) is -0.119. The third kappa shape index (κ3) is 3.48. The number of likely N-dealkylation sites (tertiary alicyclic amines) is 1. The SMILES string of the molecule is CCOC(=O)N1CCC(C(=O)Nc2cccc3cccnc23)CC1. The molecule has 24 heavy (non-hydrogen) atoms. The van der Waals surface area contributed by atoms with Crippen LogP contribution in [0.4, 0.5) is 10.5 Å².